The van der Waals surface area contributed by atoms with E-state index in [1.807, 2.05) is 4.90 Å². The SMILES string of the molecule is CCC1CCCN1C(=O)/C(C)=C/c1ccccc1F. The van der Waals surface area contributed by atoms with Gasteiger partial charge in [0, 0.05) is 23.7 Å². The summed E-state index contributed by atoms with van der Waals surface area (Å²) in [4.78, 5) is 14.3. The van der Waals surface area contributed by atoms with Crippen LogP contribution in [0.4, 0.5) is 4.39 Å². The molecule has 1 aromatic carbocycles. The zero-order valence-electron chi connectivity index (χ0n) is 11.5. The Kier molecular flexibility index (Phi) is 4.35. The minimum absolute atomic E-state index is 0.0348. The van der Waals surface area contributed by atoms with E-state index < -0.39 is 0 Å². The fraction of sp³-hybridized carbons (Fsp3) is 0.438. The average molecular weight is 261 g/mol. The highest BCUT2D eigenvalue weighted by Crippen LogP contribution is 2.22. The molecule has 2 rings (SSSR count). The van der Waals surface area contributed by atoms with Gasteiger partial charge in [0.25, 0.3) is 0 Å². The maximum atomic E-state index is 13.6. The fourth-order valence-corrected chi connectivity index (χ4v) is 2.64. The maximum Gasteiger partial charge on any atom is 0.249 e. The van der Waals surface area contributed by atoms with Crippen molar-refractivity contribution in [1.82, 2.24) is 4.90 Å². The summed E-state index contributed by atoms with van der Waals surface area (Å²) in [6.07, 6.45) is 4.77. The van der Waals surface area contributed by atoms with Gasteiger partial charge in [-0.05, 0) is 38.3 Å². The van der Waals surface area contributed by atoms with Gasteiger partial charge in [0.2, 0.25) is 5.91 Å². The first-order chi connectivity index (χ1) is 9.13. The van der Waals surface area contributed by atoms with Crippen LogP contribution >= 0.6 is 0 Å². The Labute approximate surface area is 113 Å². The number of nitrogens with zero attached hydrogens (tertiary/aromatic N) is 1. The molecule has 1 heterocycles. The van der Waals surface area contributed by atoms with E-state index in [1.54, 1.807) is 31.2 Å². The van der Waals surface area contributed by atoms with Crippen molar-refractivity contribution in [2.75, 3.05) is 6.54 Å². The second-order valence-electron chi connectivity index (χ2n) is 5.05. The Balaban J connectivity index is 2.17. The highest BCUT2D eigenvalue weighted by molar-refractivity contribution is 5.97. The van der Waals surface area contributed by atoms with Crippen LogP contribution in [0.1, 0.15) is 38.7 Å². The van der Waals surface area contributed by atoms with Gasteiger partial charge in [-0.25, -0.2) is 4.39 Å². The minimum atomic E-state index is -0.289. The molecule has 0 N–H and O–H groups in total. The van der Waals surface area contributed by atoms with Crippen LogP contribution < -0.4 is 0 Å². The van der Waals surface area contributed by atoms with Crippen LogP contribution in [0.25, 0.3) is 6.08 Å². The third-order valence-electron chi connectivity index (χ3n) is 3.72. The number of halogens is 1. The molecule has 0 aromatic heterocycles. The molecule has 1 saturated heterocycles. The number of amides is 1. The van der Waals surface area contributed by atoms with Gasteiger partial charge in [0.1, 0.15) is 5.82 Å². The summed E-state index contributed by atoms with van der Waals surface area (Å²) in [5.41, 5.74) is 1.08. The number of likely N-dealkylation sites (tertiary alicyclic amines) is 1. The maximum absolute atomic E-state index is 13.6. The largest absolute Gasteiger partial charge is 0.336 e. The molecule has 1 aliphatic rings. The highest BCUT2D eigenvalue weighted by atomic mass is 19.1. The second kappa shape index (κ2) is 6.00. The Morgan fingerprint density at radius 2 is 2.21 bits per heavy atom. The van der Waals surface area contributed by atoms with Crippen molar-refractivity contribution in [1.29, 1.82) is 0 Å². The first-order valence-corrected chi connectivity index (χ1v) is 6.87. The van der Waals surface area contributed by atoms with E-state index in [0.717, 1.165) is 25.8 Å². The highest BCUT2D eigenvalue weighted by Gasteiger charge is 2.27. The number of benzene rings is 1. The summed E-state index contributed by atoms with van der Waals surface area (Å²) in [6.45, 7) is 4.69. The summed E-state index contributed by atoms with van der Waals surface area (Å²) in [7, 11) is 0. The Hall–Kier alpha value is -1.64. The quantitative estimate of drug-likeness (QED) is 0.761. The first kappa shape index (κ1) is 13.8. The smallest absolute Gasteiger partial charge is 0.249 e. The summed E-state index contributed by atoms with van der Waals surface area (Å²) in [6, 6.07) is 6.87. The molecule has 1 aliphatic heterocycles. The molecule has 2 nitrogen and oxygen atoms in total. The van der Waals surface area contributed by atoms with Gasteiger partial charge in [0.15, 0.2) is 0 Å². The fourth-order valence-electron chi connectivity index (χ4n) is 2.64. The van der Waals surface area contributed by atoms with Crippen molar-refractivity contribution >= 4 is 12.0 Å². The Morgan fingerprint density at radius 1 is 1.47 bits per heavy atom. The molecule has 19 heavy (non-hydrogen) atoms. The van der Waals surface area contributed by atoms with Crippen LogP contribution in [0.2, 0.25) is 0 Å². The molecular weight excluding hydrogens is 241 g/mol. The Morgan fingerprint density at radius 3 is 2.89 bits per heavy atom. The third kappa shape index (κ3) is 3.03. The number of carbonyl (C=O) groups is 1. The molecule has 0 radical (unpaired) electrons. The van der Waals surface area contributed by atoms with Crippen molar-refractivity contribution in [2.45, 2.75) is 39.2 Å². The summed E-state index contributed by atoms with van der Waals surface area (Å²) >= 11 is 0. The van der Waals surface area contributed by atoms with Crippen LogP contribution in [0.5, 0.6) is 0 Å². The second-order valence-corrected chi connectivity index (χ2v) is 5.05. The third-order valence-corrected chi connectivity index (χ3v) is 3.72. The summed E-state index contributed by atoms with van der Waals surface area (Å²) < 4.78 is 13.6. The van der Waals surface area contributed by atoms with Crippen LogP contribution in [0, 0.1) is 5.82 Å². The lowest BCUT2D eigenvalue weighted by atomic mass is 10.1. The van der Waals surface area contributed by atoms with Gasteiger partial charge in [0.05, 0.1) is 0 Å². The van der Waals surface area contributed by atoms with Crippen LogP contribution in [0.15, 0.2) is 29.8 Å². The zero-order valence-corrected chi connectivity index (χ0v) is 11.5. The first-order valence-electron chi connectivity index (χ1n) is 6.87. The van der Waals surface area contributed by atoms with Crippen molar-refractivity contribution in [3.63, 3.8) is 0 Å². The van der Waals surface area contributed by atoms with Crippen molar-refractivity contribution in [2.24, 2.45) is 0 Å². The Bertz CT molecular complexity index is 495. The molecule has 1 aromatic rings. The van der Waals surface area contributed by atoms with E-state index in [-0.39, 0.29) is 11.7 Å². The van der Waals surface area contributed by atoms with E-state index in [2.05, 4.69) is 6.92 Å². The van der Waals surface area contributed by atoms with E-state index >= 15 is 0 Å². The van der Waals surface area contributed by atoms with E-state index in [4.69, 9.17) is 0 Å². The molecule has 0 aliphatic carbocycles. The normalized spacial score (nSPS) is 19.8. The molecular formula is C16H20FNO. The molecule has 0 bridgehead atoms. The van der Waals surface area contributed by atoms with Crippen molar-refractivity contribution in [3.8, 4) is 0 Å². The molecule has 1 fully saturated rings. The van der Waals surface area contributed by atoms with Gasteiger partial charge < -0.3 is 4.90 Å². The summed E-state index contributed by atoms with van der Waals surface area (Å²) in [5, 5.41) is 0. The number of hydrogen-bond acceptors (Lipinski definition) is 1. The lowest BCUT2D eigenvalue weighted by Crippen LogP contribution is -2.35. The predicted octanol–water partition coefficient (Wildman–Crippen LogP) is 3.63. The molecule has 1 amide bonds. The van der Waals surface area contributed by atoms with E-state index in [9.17, 15) is 9.18 Å². The lowest BCUT2D eigenvalue weighted by Gasteiger charge is -2.24. The number of hydrogen-bond donors (Lipinski definition) is 0. The van der Waals surface area contributed by atoms with Gasteiger partial charge in [-0.3, -0.25) is 4.79 Å². The standard InChI is InChI=1S/C16H20FNO/c1-3-14-8-6-10-18(14)16(19)12(2)11-13-7-4-5-9-15(13)17/h4-5,7,9,11,14H,3,6,8,10H2,1-2H3/b12-11+. The molecule has 1 unspecified atom stereocenters. The summed E-state index contributed by atoms with van der Waals surface area (Å²) in [5.74, 6) is -0.254. The monoisotopic (exact) mass is 261 g/mol. The van der Waals surface area contributed by atoms with Crippen LogP contribution in [0.3, 0.4) is 0 Å². The van der Waals surface area contributed by atoms with E-state index in [1.165, 1.54) is 6.07 Å². The number of carbonyl (C=O) groups excluding carboxylic acids is 1. The number of rotatable bonds is 3. The van der Waals surface area contributed by atoms with Crippen LogP contribution in [-0.2, 0) is 4.79 Å². The van der Waals surface area contributed by atoms with Gasteiger partial charge in [-0.15, -0.1) is 0 Å². The average Bonchev–Trinajstić information content (AvgIpc) is 2.88. The van der Waals surface area contributed by atoms with Gasteiger partial charge in [-0.2, -0.15) is 0 Å². The molecule has 102 valence electrons. The molecule has 0 spiro atoms. The van der Waals surface area contributed by atoms with Gasteiger partial charge in [-0.1, -0.05) is 25.1 Å². The molecule has 1 atom stereocenters. The van der Waals surface area contributed by atoms with E-state index in [0.29, 0.717) is 17.2 Å². The van der Waals surface area contributed by atoms with Crippen LogP contribution in [-0.4, -0.2) is 23.4 Å². The lowest BCUT2D eigenvalue weighted by molar-refractivity contribution is -0.127. The topological polar surface area (TPSA) is 20.3 Å². The van der Waals surface area contributed by atoms with Gasteiger partial charge >= 0.3 is 0 Å². The molecule has 3 heteroatoms. The van der Waals surface area contributed by atoms with Crippen molar-refractivity contribution < 1.29 is 9.18 Å². The minimum Gasteiger partial charge on any atom is -0.336 e. The van der Waals surface area contributed by atoms with Crippen molar-refractivity contribution in [3.05, 3.63) is 41.2 Å². The zero-order chi connectivity index (χ0) is 13.8. The molecule has 0 saturated carbocycles. The predicted molar refractivity (Wildman–Crippen MR) is 75.1 cm³/mol.